The number of hydrogen-bond donors (Lipinski definition) is 1. The molecule has 1 aromatic rings. The van der Waals surface area contributed by atoms with Crippen LogP contribution >= 0.6 is 23.2 Å². The van der Waals surface area contributed by atoms with Crippen molar-refractivity contribution in [2.75, 3.05) is 11.9 Å². The maximum Gasteiger partial charge on any atom is 0.321 e. The monoisotopic (exact) mass is 303 g/mol. The van der Waals surface area contributed by atoms with Crippen molar-refractivity contribution in [2.45, 2.75) is 20.8 Å². The van der Waals surface area contributed by atoms with Crippen LogP contribution in [0, 0.1) is 5.41 Å². The van der Waals surface area contributed by atoms with Gasteiger partial charge in [-0.1, -0.05) is 23.2 Å². The van der Waals surface area contributed by atoms with Crippen molar-refractivity contribution in [1.29, 1.82) is 0 Å². The fraction of sp³-hybridized carbons (Fsp3) is 0.385. The van der Waals surface area contributed by atoms with Crippen molar-refractivity contribution in [1.82, 2.24) is 0 Å². The number of halogens is 2. The molecule has 1 rings (SSSR count). The lowest BCUT2D eigenvalue weighted by Crippen LogP contribution is -2.39. The predicted octanol–water partition coefficient (Wildman–Crippen LogP) is 3.52. The Morgan fingerprint density at radius 2 is 1.74 bits per heavy atom. The van der Waals surface area contributed by atoms with E-state index in [4.69, 9.17) is 27.9 Å². The summed E-state index contributed by atoms with van der Waals surface area (Å²) in [6, 6.07) is 4.65. The third-order valence-corrected chi connectivity index (χ3v) is 2.91. The average molecular weight is 304 g/mol. The van der Waals surface area contributed by atoms with Gasteiger partial charge in [0.15, 0.2) is 0 Å². The molecule has 0 saturated carbocycles. The Balaban J connectivity index is 2.86. The van der Waals surface area contributed by atoms with Crippen LogP contribution < -0.4 is 5.32 Å². The van der Waals surface area contributed by atoms with Crippen molar-refractivity contribution in [3.05, 3.63) is 28.2 Å². The molecular formula is C13H15Cl2NO3. The van der Waals surface area contributed by atoms with Crippen LogP contribution in [0.25, 0.3) is 0 Å². The Kier molecular flexibility index (Phi) is 5.20. The highest BCUT2D eigenvalue weighted by Crippen LogP contribution is 2.25. The Bertz CT molecular complexity index is 480. The van der Waals surface area contributed by atoms with Gasteiger partial charge in [-0.25, -0.2) is 0 Å². The molecule has 0 atom stereocenters. The molecular weight excluding hydrogens is 289 g/mol. The van der Waals surface area contributed by atoms with Gasteiger partial charge in [-0.2, -0.15) is 0 Å². The summed E-state index contributed by atoms with van der Waals surface area (Å²) in [5.74, 6) is -1.06. The third kappa shape index (κ3) is 4.11. The predicted molar refractivity (Wildman–Crippen MR) is 75.5 cm³/mol. The molecule has 0 aliphatic carbocycles. The Morgan fingerprint density at radius 3 is 2.21 bits per heavy atom. The molecule has 0 spiro atoms. The van der Waals surface area contributed by atoms with E-state index in [2.05, 4.69) is 5.32 Å². The van der Waals surface area contributed by atoms with Gasteiger partial charge in [0.05, 0.1) is 6.61 Å². The lowest BCUT2D eigenvalue weighted by Gasteiger charge is -2.21. The minimum Gasteiger partial charge on any atom is -0.465 e. The number of carbonyl (C=O) groups is 2. The topological polar surface area (TPSA) is 55.4 Å². The summed E-state index contributed by atoms with van der Waals surface area (Å²) >= 11 is 11.7. The van der Waals surface area contributed by atoms with E-state index in [0.717, 1.165) is 0 Å². The van der Waals surface area contributed by atoms with Gasteiger partial charge in [0.2, 0.25) is 5.91 Å². The van der Waals surface area contributed by atoms with Crippen LogP contribution in [0.4, 0.5) is 5.69 Å². The first-order valence-electron chi connectivity index (χ1n) is 5.72. The van der Waals surface area contributed by atoms with E-state index in [1.54, 1.807) is 25.1 Å². The first kappa shape index (κ1) is 15.8. The van der Waals surface area contributed by atoms with Crippen LogP contribution in [-0.2, 0) is 14.3 Å². The molecule has 0 aliphatic heterocycles. The zero-order chi connectivity index (χ0) is 14.6. The number of rotatable bonds is 4. The standard InChI is InChI=1S/C13H15Cl2NO3/c1-4-19-12(18)13(2,3)11(17)16-10-6-8(14)5-9(15)7-10/h5-7H,4H2,1-3H3,(H,16,17). The number of ether oxygens (including phenoxy) is 1. The van der Waals surface area contributed by atoms with Crippen LogP contribution in [0.1, 0.15) is 20.8 Å². The third-order valence-electron chi connectivity index (χ3n) is 2.47. The number of benzene rings is 1. The van der Waals surface area contributed by atoms with Gasteiger partial charge < -0.3 is 10.1 Å². The van der Waals surface area contributed by atoms with Crippen molar-refractivity contribution in [3.8, 4) is 0 Å². The molecule has 0 bridgehead atoms. The maximum absolute atomic E-state index is 12.1. The highest BCUT2D eigenvalue weighted by Gasteiger charge is 2.37. The zero-order valence-corrected chi connectivity index (χ0v) is 12.4. The molecule has 0 radical (unpaired) electrons. The second-order valence-corrected chi connectivity index (χ2v) is 5.33. The van der Waals surface area contributed by atoms with Gasteiger partial charge in [-0.15, -0.1) is 0 Å². The first-order chi connectivity index (χ1) is 8.77. The second-order valence-electron chi connectivity index (χ2n) is 4.46. The van der Waals surface area contributed by atoms with E-state index in [0.29, 0.717) is 15.7 Å². The fourth-order valence-corrected chi connectivity index (χ4v) is 1.84. The Morgan fingerprint density at radius 1 is 1.21 bits per heavy atom. The molecule has 6 heteroatoms. The van der Waals surface area contributed by atoms with E-state index < -0.39 is 17.3 Å². The molecule has 0 heterocycles. The highest BCUT2D eigenvalue weighted by atomic mass is 35.5. The molecule has 0 saturated heterocycles. The van der Waals surface area contributed by atoms with Gasteiger partial charge >= 0.3 is 5.97 Å². The summed E-state index contributed by atoms with van der Waals surface area (Å²) in [4.78, 5) is 23.8. The van der Waals surface area contributed by atoms with Gasteiger partial charge in [0, 0.05) is 15.7 Å². The largest absolute Gasteiger partial charge is 0.465 e. The van der Waals surface area contributed by atoms with E-state index in [1.807, 2.05) is 0 Å². The average Bonchev–Trinajstić information content (AvgIpc) is 2.27. The quantitative estimate of drug-likeness (QED) is 0.684. The van der Waals surface area contributed by atoms with Gasteiger partial charge in [-0.3, -0.25) is 9.59 Å². The van der Waals surface area contributed by atoms with E-state index in [9.17, 15) is 9.59 Å². The molecule has 4 nitrogen and oxygen atoms in total. The minimum atomic E-state index is -1.29. The lowest BCUT2D eigenvalue weighted by atomic mass is 9.92. The van der Waals surface area contributed by atoms with Crippen LogP contribution in [0.5, 0.6) is 0 Å². The number of amides is 1. The van der Waals surface area contributed by atoms with Gasteiger partial charge in [0.25, 0.3) is 0 Å². The van der Waals surface area contributed by atoms with Crippen LogP contribution in [-0.4, -0.2) is 18.5 Å². The molecule has 104 valence electrons. The van der Waals surface area contributed by atoms with Crippen molar-refractivity contribution < 1.29 is 14.3 Å². The molecule has 1 amide bonds. The zero-order valence-electron chi connectivity index (χ0n) is 10.9. The number of hydrogen-bond acceptors (Lipinski definition) is 3. The van der Waals surface area contributed by atoms with Crippen LogP contribution in [0.15, 0.2) is 18.2 Å². The SMILES string of the molecule is CCOC(=O)C(C)(C)C(=O)Nc1cc(Cl)cc(Cl)c1. The minimum absolute atomic E-state index is 0.221. The van der Waals surface area contributed by atoms with E-state index in [1.165, 1.54) is 13.8 Å². The summed E-state index contributed by atoms with van der Waals surface area (Å²) in [6.45, 7) is 4.89. The normalized spacial score (nSPS) is 11.0. The van der Waals surface area contributed by atoms with E-state index >= 15 is 0 Å². The number of anilines is 1. The van der Waals surface area contributed by atoms with Crippen LogP contribution in [0.2, 0.25) is 10.0 Å². The number of carbonyl (C=O) groups excluding carboxylic acids is 2. The van der Waals surface area contributed by atoms with Crippen molar-refractivity contribution >= 4 is 40.8 Å². The van der Waals surface area contributed by atoms with Gasteiger partial charge in [-0.05, 0) is 39.0 Å². The maximum atomic E-state index is 12.1. The second kappa shape index (κ2) is 6.26. The number of esters is 1. The molecule has 1 N–H and O–H groups in total. The smallest absolute Gasteiger partial charge is 0.321 e. The summed E-state index contributed by atoms with van der Waals surface area (Å²) in [7, 11) is 0. The van der Waals surface area contributed by atoms with E-state index in [-0.39, 0.29) is 6.61 Å². The Hall–Kier alpha value is -1.26. The molecule has 0 unspecified atom stereocenters. The summed E-state index contributed by atoms with van der Waals surface area (Å²) in [5.41, 5.74) is -0.856. The van der Waals surface area contributed by atoms with Crippen molar-refractivity contribution in [3.63, 3.8) is 0 Å². The van der Waals surface area contributed by atoms with Gasteiger partial charge in [0.1, 0.15) is 5.41 Å². The van der Waals surface area contributed by atoms with Crippen LogP contribution in [0.3, 0.4) is 0 Å². The Labute approximate surface area is 122 Å². The van der Waals surface area contributed by atoms with Crippen molar-refractivity contribution in [2.24, 2.45) is 5.41 Å². The summed E-state index contributed by atoms with van der Waals surface area (Å²) in [6.07, 6.45) is 0. The molecule has 0 fully saturated rings. The molecule has 0 aliphatic rings. The highest BCUT2D eigenvalue weighted by molar-refractivity contribution is 6.35. The molecule has 1 aromatic carbocycles. The first-order valence-corrected chi connectivity index (χ1v) is 6.47. The summed E-state index contributed by atoms with van der Waals surface area (Å²) < 4.78 is 4.86. The summed E-state index contributed by atoms with van der Waals surface area (Å²) in [5, 5.41) is 3.39. The lowest BCUT2D eigenvalue weighted by molar-refractivity contribution is -0.156. The number of nitrogens with one attached hydrogen (secondary N) is 1. The molecule has 0 aromatic heterocycles. The molecule has 19 heavy (non-hydrogen) atoms. The fourth-order valence-electron chi connectivity index (χ4n) is 1.32.